The van der Waals surface area contributed by atoms with E-state index in [4.69, 9.17) is 0 Å². The number of rotatable bonds is 3. The molecule has 0 radical (unpaired) electrons. The minimum Gasteiger partial charge on any atom is -0.316 e. The molecule has 2 heterocycles. The number of likely N-dealkylation sites (tertiary alicyclic amines) is 1. The molecule has 0 aromatic carbocycles. The van der Waals surface area contributed by atoms with Gasteiger partial charge >= 0.3 is 0 Å². The lowest BCUT2D eigenvalue weighted by Crippen LogP contribution is -2.44. The molecule has 5 nitrogen and oxygen atoms in total. The van der Waals surface area contributed by atoms with Crippen LogP contribution in [0.15, 0.2) is 6.33 Å². The Bertz CT molecular complexity index is 317. The van der Waals surface area contributed by atoms with Crippen molar-refractivity contribution in [2.45, 2.75) is 25.4 Å². The molecule has 0 spiro atoms. The molecule has 1 aliphatic rings. The number of hydrogen-bond donors (Lipinski definition) is 1. The Morgan fingerprint density at radius 3 is 2.82 bits per heavy atom. The molecule has 1 aromatic heterocycles. The largest absolute Gasteiger partial charge is 0.316 e. The van der Waals surface area contributed by atoms with Crippen LogP contribution in [0.2, 0.25) is 0 Å². The third kappa shape index (κ3) is 4.43. The van der Waals surface area contributed by atoms with Gasteiger partial charge in [0.25, 0.3) is 0 Å². The summed E-state index contributed by atoms with van der Waals surface area (Å²) in [5.41, 5.74) is 0. The van der Waals surface area contributed by atoms with Crippen LogP contribution >= 0.6 is 24.8 Å². The summed E-state index contributed by atoms with van der Waals surface area (Å²) in [6, 6.07) is 0.631. The molecule has 1 N–H and O–H groups in total. The average Bonchev–Trinajstić information content (AvgIpc) is 2.65. The first kappa shape index (κ1) is 16.6. The fourth-order valence-corrected chi connectivity index (χ4v) is 2.10. The van der Waals surface area contributed by atoms with E-state index in [1.165, 1.54) is 19.4 Å². The summed E-state index contributed by atoms with van der Waals surface area (Å²) in [7, 11) is 3.98. The summed E-state index contributed by atoms with van der Waals surface area (Å²) >= 11 is 0. The van der Waals surface area contributed by atoms with E-state index in [9.17, 15) is 0 Å². The molecule has 0 amide bonds. The maximum absolute atomic E-state index is 4.25. The number of likely N-dealkylation sites (N-methyl/N-ethyl adjacent to an activating group) is 1. The maximum atomic E-state index is 4.25. The standard InChI is InChI=1S/C10H19N5.2ClH/c1-11-9-4-3-5-15(6-9)7-10-12-8-13-14(10)2;;/h8-9,11H,3-7H2,1-2H3;2*1H. The van der Waals surface area contributed by atoms with Crippen molar-refractivity contribution in [2.24, 2.45) is 7.05 Å². The molecule has 1 atom stereocenters. The van der Waals surface area contributed by atoms with Crippen molar-refractivity contribution in [3.8, 4) is 0 Å². The molecule has 0 aliphatic carbocycles. The Morgan fingerprint density at radius 2 is 2.24 bits per heavy atom. The lowest BCUT2D eigenvalue weighted by atomic mass is 10.1. The van der Waals surface area contributed by atoms with Gasteiger partial charge in [-0.1, -0.05) is 0 Å². The van der Waals surface area contributed by atoms with Crippen molar-refractivity contribution >= 4 is 24.8 Å². The van der Waals surface area contributed by atoms with Crippen LogP contribution in [0.4, 0.5) is 0 Å². The smallest absolute Gasteiger partial charge is 0.140 e. The first-order valence-electron chi connectivity index (χ1n) is 5.52. The zero-order valence-electron chi connectivity index (χ0n) is 10.3. The van der Waals surface area contributed by atoms with Crippen LogP contribution in [0.3, 0.4) is 0 Å². The number of nitrogens with one attached hydrogen (secondary N) is 1. The number of halogens is 2. The van der Waals surface area contributed by atoms with Gasteiger partial charge < -0.3 is 5.32 Å². The summed E-state index contributed by atoms with van der Waals surface area (Å²) in [5.74, 6) is 1.05. The predicted molar refractivity (Wildman–Crippen MR) is 72.9 cm³/mol. The minimum atomic E-state index is 0. The zero-order chi connectivity index (χ0) is 10.7. The lowest BCUT2D eigenvalue weighted by Gasteiger charge is -2.31. The minimum absolute atomic E-state index is 0. The number of aromatic nitrogens is 3. The van der Waals surface area contributed by atoms with E-state index >= 15 is 0 Å². The lowest BCUT2D eigenvalue weighted by molar-refractivity contribution is 0.182. The van der Waals surface area contributed by atoms with Gasteiger partial charge in [0.15, 0.2) is 0 Å². The predicted octanol–water partition coefficient (Wildman–Crippen LogP) is 0.842. The third-order valence-corrected chi connectivity index (χ3v) is 3.08. The van der Waals surface area contributed by atoms with Crippen molar-refractivity contribution in [1.82, 2.24) is 25.0 Å². The summed E-state index contributed by atoms with van der Waals surface area (Å²) in [5, 5.41) is 7.43. The monoisotopic (exact) mass is 281 g/mol. The van der Waals surface area contributed by atoms with E-state index in [0.717, 1.165) is 18.9 Å². The molecule has 17 heavy (non-hydrogen) atoms. The molecule has 1 saturated heterocycles. The number of hydrogen-bond acceptors (Lipinski definition) is 4. The topological polar surface area (TPSA) is 46.0 Å². The van der Waals surface area contributed by atoms with Crippen LogP contribution in [-0.4, -0.2) is 45.8 Å². The van der Waals surface area contributed by atoms with Gasteiger partial charge in [0.1, 0.15) is 12.2 Å². The highest BCUT2D eigenvalue weighted by molar-refractivity contribution is 5.85. The molecule has 100 valence electrons. The Labute approximate surface area is 115 Å². The second-order valence-corrected chi connectivity index (χ2v) is 4.16. The molecule has 2 rings (SSSR count). The third-order valence-electron chi connectivity index (χ3n) is 3.08. The quantitative estimate of drug-likeness (QED) is 0.892. The van der Waals surface area contributed by atoms with Crippen LogP contribution in [0, 0.1) is 0 Å². The van der Waals surface area contributed by atoms with Gasteiger partial charge in [-0.2, -0.15) is 5.10 Å². The van der Waals surface area contributed by atoms with E-state index in [1.54, 1.807) is 6.33 Å². The van der Waals surface area contributed by atoms with Crippen molar-refractivity contribution in [3.05, 3.63) is 12.2 Å². The van der Waals surface area contributed by atoms with E-state index in [2.05, 4.69) is 20.3 Å². The molecule has 1 unspecified atom stereocenters. The Kier molecular flexibility index (Phi) is 7.70. The van der Waals surface area contributed by atoms with E-state index < -0.39 is 0 Å². The molecule has 1 aromatic rings. The Hall–Kier alpha value is -0.360. The summed E-state index contributed by atoms with van der Waals surface area (Å²) in [4.78, 5) is 6.69. The van der Waals surface area contributed by atoms with Crippen LogP contribution in [0.5, 0.6) is 0 Å². The molecule has 0 saturated carbocycles. The summed E-state index contributed by atoms with van der Waals surface area (Å²) < 4.78 is 1.85. The van der Waals surface area contributed by atoms with Crippen molar-refractivity contribution in [3.63, 3.8) is 0 Å². The van der Waals surface area contributed by atoms with Crippen molar-refractivity contribution in [2.75, 3.05) is 20.1 Å². The van der Waals surface area contributed by atoms with Gasteiger partial charge in [0, 0.05) is 19.6 Å². The van der Waals surface area contributed by atoms with E-state index in [1.807, 2.05) is 18.8 Å². The SMILES string of the molecule is CNC1CCCN(Cc2ncnn2C)C1.Cl.Cl. The molecular formula is C10H21Cl2N5. The van der Waals surface area contributed by atoms with Gasteiger partial charge in [-0.25, -0.2) is 4.98 Å². The number of nitrogens with zero attached hydrogens (tertiary/aromatic N) is 4. The van der Waals surface area contributed by atoms with Gasteiger partial charge in [0.2, 0.25) is 0 Å². The average molecular weight is 282 g/mol. The first-order chi connectivity index (χ1) is 7.29. The second-order valence-electron chi connectivity index (χ2n) is 4.16. The summed E-state index contributed by atoms with van der Waals surface area (Å²) in [6.45, 7) is 3.20. The van der Waals surface area contributed by atoms with Crippen LogP contribution < -0.4 is 5.32 Å². The highest BCUT2D eigenvalue weighted by Crippen LogP contribution is 2.11. The van der Waals surface area contributed by atoms with Crippen LogP contribution in [-0.2, 0) is 13.6 Å². The van der Waals surface area contributed by atoms with Gasteiger partial charge in [-0.05, 0) is 26.4 Å². The number of piperidine rings is 1. The van der Waals surface area contributed by atoms with Crippen LogP contribution in [0.25, 0.3) is 0 Å². The molecule has 1 fully saturated rings. The van der Waals surface area contributed by atoms with E-state index in [0.29, 0.717) is 6.04 Å². The van der Waals surface area contributed by atoms with Crippen molar-refractivity contribution < 1.29 is 0 Å². The highest BCUT2D eigenvalue weighted by atomic mass is 35.5. The Balaban J connectivity index is 0.00000128. The molecular weight excluding hydrogens is 261 g/mol. The second kappa shape index (κ2) is 7.87. The van der Waals surface area contributed by atoms with Gasteiger partial charge in [-0.3, -0.25) is 9.58 Å². The maximum Gasteiger partial charge on any atom is 0.140 e. The van der Waals surface area contributed by atoms with Crippen LogP contribution in [0.1, 0.15) is 18.7 Å². The van der Waals surface area contributed by atoms with Gasteiger partial charge in [-0.15, -0.1) is 24.8 Å². The van der Waals surface area contributed by atoms with Gasteiger partial charge in [0.05, 0.1) is 6.54 Å². The Morgan fingerprint density at radius 1 is 1.47 bits per heavy atom. The molecule has 0 bridgehead atoms. The number of aryl methyl sites for hydroxylation is 1. The molecule has 1 aliphatic heterocycles. The fourth-order valence-electron chi connectivity index (χ4n) is 2.10. The van der Waals surface area contributed by atoms with E-state index in [-0.39, 0.29) is 24.8 Å². The van der Waals surface area contributed by atoms with Crippen molar-refractivity contribution in [1.29, 1.82) is 0 Å². The normalized spacial score (nSPS) is 20.5. The zero-order valence-corrected chi connectivity index (χ0v) is 11.9. The first-order valence-corrected chi connectivity index (χ1v) is 5.52. The molecule has 7 heteroatoms. The fraction of sp³-hybridized carbons (Fsp3) is 0.800. The summed E-state index contributed by atoms with van der Waals surface area (Å²) in [6.07, 6.45) is 4.17. The highest BCUT2D eigenvalue weighted by Gasteiger charge is 2.19.